The molecule has 0 bridgehead atoms. The van der Waals surface area contributed by atoms with E-state index in [4.69, 9.17) is 11.6 Å². The third-order valence-electron chi connectivity index (χ3n) is 3.56. The van der Waals surface area contributed by atoms with E-state index in [2.05, 4.69) is 0 Å². The third kappa shape index (κ3) is 3.10. The van der Waals surface area contributed by atoms with Gasteiger partial charge in [-0.25, -0.2) is 0 Å². The lowest BCUT2D eigenvalue weighted by atomic mass is 10.1. The first-order chi connectivity index (χ1) is 10.6. The van der Waals surface area contributed by atoms with Crippen LogP contribution in [0.15, 0.2) is 60.2 Å². The van der Waals surface area contributed by atoms with Crippen molar-refractivity contribution < 1.29 is 9.59 Å². The van der Waals surface area contributed by atoms with Crippen molar-refractivity contribution in [2.75, 3.05) is 0 Å². The molecule has 3 rings (SSSR count). The Labute approximate surface area is 133 Å². The summed E-state index contributed by atoms with van der Waals surface area (Å²) in [6, 6.07) is 16.7. The third-order valence-corrected chi connectivity index (χ3v) is 3.81. The Morgan fingerprint density at radius 1 is 1.00 bits per heavy atom. The van der Waals surface area contributed by atoms with Crippen LogP contribution in [-0.4, -0.2) is 16.7 Å². The molecule has 0 atom stereocenters. The summed E-state index contributed by atoms with van der Waals surface area (Å²) in [5.74, 6) is -0.377. The van der Waals surface area contributed by atoms with Gasteiger partial charge in [-0.2, -0.15) is 0 Å². The molecule has 0 N–H and O–H groups in total. The molecule has 2 aromatic rings. The Balaban J connectivity index is 1.80. The van der Waals surface area contributed by atoms with Gasteiger partial charge in [-0.3, -0.25) is 14.5 Å². The number of carbonyl (C=O) groups excluding carboxylic acids is 2. The molecule has 1 aliphatic rings. The Morgan fingerprint density at radius 2 is 1.68 bits per heavy atom. The van der Waals surface area contributed by atoms with Crippen LogP contribution in [0.2, 0.25) is 5.02 Å². The summed E-state index contributed by atoms with van der Waals surface area (Å²) in [4.78, 5) is 25.8. The van der Waals surface area contributed by atoms with Crippen molar-refractivity contribution in [2.45, 2.75) is 13.0 Å². The molecule has 1 heterocycles. The van der Waals surface area contributed by atoms with Gasteiger partial charge >= 0.3 is 0 Å². The molecule has 0 spiro atoms. The highest BCUT2D eigenvalue weighted by atomic mass is 35.5. The van der Waals surface area contributed by atoms with Crippen LogP contribution in [0.1, 0.15) is 17.5 Å². The number of imide groups is 1. The zero-order chi connectivity index (χ0) is 15.5. The van der Waals surface area contributed by atoms with Gasteiger partial charge in [-0.15, -0.1) is 0 Å². The van der Waals surface area contributed by atoms with Gasteiger partial charge in [0.2, 0.25) is 5.91 Å². The summed E-state index contributed by atoms with van der Waals surface area (Å²) < 4.78 is 0. The Hall–Kier alpha value is -2.39. The lowest BCUT2D eigenvalue weighted by Crippen LogP contribution is -2.28. The molecule has 1 saturated heterocycles. The van der Waals surface area contributed by atoms with Crippen LogP contribution in [0.4, 0.5) is 0 Å². The van der Waals surface area contributed by atoms with Crippen molar-refractivity contribution >= 4 is 29.5 Å². The fraction of sp³-hybridized carbons (Fsp3) is 0.111. The largest absolute Gasteiger partial charge is 0.274 e. The van der Waals surface area contributed by atoms with Crippen molar-refractivity contribution in [3.63, 3.8) is 0 Å². The van der Waals surface area contributed by atoms with Crippen LogP contribution < -0.4 is 0 Å². The lowest BCUT2D eigenvalue weighted by Gasteiger charge is -2.13. The zero-order valence-corrected chi connectivity index (χ0v) is 12.6. The lowest BCUT2D eigenvalue weighted by molar-refractivity contribution is -0.138. The summed E-state index contributed by atoms with van der Waals surface area (Å²) in [5.41, 5.74) is 2.32. The van der Waals surface area contributed by atoms with Crippen LogP contribution >= 0.6 is 11.6 Å². The van der Waals surface area contributed by atoms with Gasteiger partial charge in [-0.05, 0) is 29.3 Å². The van der Waals surface area contributed by atoms with Crippen LogP contribution in [-0.2, 0) is 16.1 Å². The fourth-order valence-electron chi connectivity index (χ4n) is 2.42. The number of nitrogens with zero attached hydrogens (tertiary/aromatic N) is 1. The quantitative estimate of drug-likeness (QED) is 0.640. The predicted molar refractivity (Wildman–Crippen MR) is 86.0 cm³/mol. The molecule has 110 valence electrons. The number of amides is 2. The molecule has 0 aromatic heterocycles. The van der Waals surface area contributed by atoms with E-state index in [0.29, 0.717) is 17.1 Å². The standard InChI is InChI=1S/C18H14ClNO2/c19-16-8-6-13(7-9-16)10-15-11-17(21)20(18(15)22)12-14-4-2-1-3-5-14/h1-10H,11-12H2/b15-10-. The van der Waals surface area contributed by atoms with E-state index in [1.165, 1.54) is 4.90 Å². The normalized spacial score (nSPS) is 16.6. The minimum Gasteiger partial charge on any atom is -0.274 e. The van der Waals surface area contributed by atoms with Gasteiger partial charge in [0, 0.05) is 10.6 Å². The Bertz CT molecular complexity index is 735. The predicted octanol–water partition coefficient (Wildman–Crippen LogP) is 3.68. The van der Waals surface area contributed by atoms with Gasteiger partial charge < -0.3 is 0 Å². The summed E-state index contributed by atoms with van der Waals surface area (Å²) in [7, 11) is 0. The first-order valence-electron chi connectivity index (χ1n) is 6.98. The van der Waals surface area contributed by atoms with Gasteiger partial charge in [0.05, 0.1) is 13.0 Å². The molecule has 4 heteroatoms. The second-order valence-corrected chi connectivity index (χ2v) is 5.60. The SMILES string of the molecule is O=C1C/C(=C/c2ccc(Cl)cc2)C(=O)N1Cc1ccccc1. The molecular weight excluding hydrogens is 298 g/mol. The number of halogens is 1. The van der Waals surface area contributed by atoms with E-state index in [9.17, 15) is 9.59 Å². The monoisotopic (exact) mass is 311 g/mol. The number of likely N-dealkylation sites (tertiary alicyclic amines) is 1. The van der Waals surface area contributed by atoms with Crippen molar-refractivity contribution in [3.05, 3.63) is 76.3 Å². The van der Waals surface area contributed by atoms with Crippen molar-refractivity contribution in [1.82, 2.24) is 4.90 Å². The molecule has 0 unspecified atom stereocenters. The topological polar surface area (TPSA) is 37.4 Å². The molecule has 22 heavy (non-hydrogen) atoms. The van der Waals surface area contributed by atoms with Gasteiger partial charge in [0.1, 0.15) is 0 Å². The smallest absolute Gasteiger partial charge is 0.257 e. The minimum absolute atomic E-state index is 0.147. The second kappa shape index (κ2) is 6.16. The Kier molecular flexibility index (Phi) is 4.07. The first-order valence-corrected chi connectivity index (χ1v) is 7.36. The number of hydrogen-bond acceptors (Lipinski definition) is 2. The van der Waals surface area contributed by atoms with E-state index < -0.39 is 0 Å². The average Bonchev–Trinajstić information content (AvgIpc) is 2.78. The molecule has 1 aliphatic heterocycles. The Morgan fingerprint density at radius 3 is 2.36 bits per heavy atom. The zero-order valence-electron chi connectivity index (χ0n) is 11.8. The van der Waals surface area contributed by atoms with Crippen LogP contribution in [0.25, 0.3) is 6.08 Å². The number of rotatable bonds is 3. The van der Waals surface area contributed by atoms with Gasteiger partial charge in [-0.1, -0.05) is 54.1 Å². The van der Waals surface area contributed by atoms with Gasteiger partial charge in [0.25, 0.3) is 5.91 Å². The maximum Gasteiger partial charge on any atom is 0.257 e. The van der Waals surface area contributed by atoms with Crippen LogP contribution in [0, 0.1) is 0 Å². The summed E-state index contributed by atoms with van der Waals surface area (Å²) in [6.45, 7) is 0.316. The van der Waals surface area contributed by atoms with Gasteiger partial charge in [0.15, 0.2) is 0 Å². The molecule has 3 nitrogen and oxygen atoms in total. The van der Waals surface area contributed by atoms with E-state index >= 15 is 0 Å². The highest BCUT2D eigenvalue weighted by Gasteiger charge is 2.33. The van der Waals surface area contributed by atoms with E-state index in [1.54, 1.807) is 18.2 Å². The number of carbonyl (C=O) groups is 2. The summed E-state index contributed by atoms with van der Waals surface area (Å²) in [5, 5.41) is 0.640. The minimum atomic E-state index is -0.219. The highest BCUT2D eigenvalue weighted by Crippen LogP contribution is 2.24. The van der Waals surface area contributed by atoms with Crippen molar-refractivity contribution in [3.8, 4) is 0 Å². The maximum atomic E-state index is 12.4. The van der Waals surface area contributed by atoms with E-state index in [-0.39, 0.29) is 18.2 Å². The molecular formula is C18H14ClNO2. The molecule has 1 fully saturated rings. The summed E-state index contributed by atoms with van der Waals surface area (Å²) in [6.07, 6.45) is 1.90. The number of benzene rings is 2. The summed E-state index contributed by atoms with van der Waals surface area (Å²) >= 11 is 5.84. The van der Waals surface area contributed by atoms with E-state index in [1.807, 2.05) is 42.5 Å². The molecule has 0 saturated carbocycles. The molecule has 0 aliphatic carbocycles. The van der Waals surface area contributed by atoms with Crippen LogP contribution in [0.3, 0.4) is 0 Å². The maximum absolute atomic E-state index is 12.4. The highest BCUT2D eigenvalue weighted by molar-refractivity contribution is 6.30. The van der Waals surface area contributed by atoms with E-state index in [0.717, 1.165) is 11.1 Å². The molecule has 2 amide bonds. The van der Waals surface area contributed by atoms with Crippen molar-refractivity contribution in [2.24, 2.45) is 0 Å². The molecule has 0 radical (unpaired) electrons. The molecule has 2 aromatic carbocycles. The number of hydrogen-bond donors (Lipinski definition) is 0. The van der Waals surface area contributed by atoms with Crippen LogP contribution in [0.5, 0.6) is 0 Å². The van der Waals surface area contributed by atoms with Crippen molar-refractivity contribution in [1.29, 1.82) is 0 Å². The first kappa shape index (κ1) is 14.5. The fourth-order valence-corrected chi connectivity index (χ4v) is 2.55. The second-order valence-electron chi connectivity index (χ2n) is 5.17. The average molecular weight is 312 g/mol.